The largest absolute Gasteiger partial charge is 0.467 e. The van der Waals surface area contributed by atoms with Crippen LogP contribution in [0.3, 0.4) is 0 Å². The summed E-state index contributed by atoms with van der Waals surface area (Å²) in [5, 5.41) is 6.29. The van der Waals surface area contributed by atoms with Gasteiger partial charge in [0.1, 0.15) is 11.9 Å². The average molecular weight is 461 g/mol. The summed E-state index contributed by atoms with van der Waals surface area (Å²) in [6, 6.07) is 3.49. The highest BCUT2D eigenvalue weighted by Crippen LogP contribution is 2.21. The summed E-state index contributed by atoms with van der Waals surface area (Å²) in [6.07, 6.45) is 9.10. The number of carbonyl (C=O) groups excluding carboxylic acids is 2. The van der Waals surface area contributed by atoms with E-state index in [1.807, 2.05) is 13.8 Å². The van der Waals surface area contributed by atoms with Crippen LogP contribution in [0.2, 0.25) is 0 Å². The number of carbonyl (C=O) groups is 2. The quantitative estimate of drug-likeness (QED) is 0.409. The number of hydrogen-bond acceptors (Lipinski definition) is 6. The number of ether oxygens (including phenoxy) is 2. The maximum atomic E-state index is 12.8. The number of methoxy groups -OCH3 is 1. The Morgan fingerprint density at radius 1 is 1.18 bits per heavy atom. The zero-order valence-corrected chi connectivity index (χ0v) is 20.4. The normalized spacial score (nSPS) is 21.0. The third-order valence-corrected chi connectivity index (χ3v) is 6.56. The van der Waals surface area contributed by atoms with Crippen molar-refractivity contribution in [3.8, 4) is 0 Å². The second-order valence-corrected chi connectivity index (χ2v) is 9.32. The molecular weight excluding hydrogens is 420 g/mol. The predicted octanol–water partition coefficient (Wildman–Crippen LogP) is 3.68. The van der Waals surface area contributed by atoms with Crippen molar-refractivity contribution < 1.29 is 19.1 Å². The molecule has 2 amide bonds. The Labute approximate surface area is 197 Å². The first kappa shape index (κ1) is 25.3. The lowest BCUT2D eigenvalue weighted by molar-refractivity contribution is -0.143. The van der Waals surface area contributed by atoms with Crippen molar-refractivity contribution in [1.29, 1.82) is 0 Å². The van der Waals surface area contributed by atoms with Crippen molar-refractivity contribution in [3.05, 3.63) is 23.4 Å². The molecule has 33 heavy (non-hydrogen) atoms. The fourth-order valence-corrected chi connectivity index (χ4v) is 4.71. The van der Waals surface area contributed by atoms with Gasteiger partial charge >= 0.3 is 12.0 Å². The van der Waals surface area contributed by atoms with E-state index in [-0.39, 0.29) is 24.1 Å². The number of amides is 2. The minimum Gasteiger partial charge on any atom is -0.467 e. The number of hydrogen-bond donors (Lipinski definition) is 2. The van der Waals surface area contributed by atoms with Gasteiger partial charge in [0, 0.05) is 12.2 Å². The van der Waals surface area contributed by atoms with E-state index in [1.165, 1.54) is 19.1 Å². The highest BCUT2D eigenvalue weighted by atomic mass is 16.5. The summed E-state index contributed by atoms with van der Waals surface area (Å²) in [4.78, 5) is 31.5. The van der Waals surface area contributed by atoms with Crippen molar-refractivity contribution >= 4 is 17.8 Å². The number of esters is 1. The lowest BCUT2D eigenvalue weighted by atomic mass is 10.0. The number of aryl methyl sites for hydroxylation is 2. The Kier molecular flexibility index (Phi) is 9.78. The Balaban J connectivity index is 1.35. The zero-order valence-electron chi connectivity index (χ0n) is 20.4. The van der Waals surface area contributed by atoms with Crippen molar-refractivity contribution in [2.24, 2.45) is 0 Å². The molecule has 0 aliphatic carbocycles. The molecular formula is C25H40N4O4. The molecule has 0 bridgehead atoms. The topological polar surface area (TPSA) is 92.8 Å². The molecule has 8 heteroatoms. The van der Waals surface area contributed by atoms with Crippen LogP contribution in [-0.2, 0) is 27.1 Å². The molecule has 184 valence electrons. The van der Waals surface area contributed by atoms with Gasteiger partial charge in [0.25, 0.3) is 0 Å². The number of urea groups is 1. The number of rotatable bonds is 10. The van der Waals surface area contributed by atoms with E-state index in [0.29, 0.717) is 19.6 Å². The summed E-state index contributed by atoms with van der Waals surface area (Å²) < 4.78 is 10.4. The maximum Gasteiger partial charge on any atom is 0.328 e. The van der Waals surface area contributed by atoms with Gasteiger partial charge in [-0.1, -0.05) is 31.7 Å². The lowest BCUT2D eigenvalue weighted by Gasteiger charge is -2.39. The first-order valence-corrected chi connectivity index (χ1v) is 12.5. The minimum absolute atomic E-state index is 0.0209. The van der Waals surface area contributed by atoms with Crippen LogP contribution >= 0.6 is 0 Å². The van der Waals surface area contributed by atoms with Gasteiger partial charge in [0.2, 0.25) is 0 Å². The van der Waals surface area contributed by atoms with Crippen LogP contribution < -0.4 is 10.6 Å². The average Bonchev–Trinajstić information content (AvgIpc) is 2.82. The van der Waals surface area contributed by atoms with Gasteiger partial charge in [-0.3, -0.25) is 0 Å². The van der Waals surface area contributed by atoms with Crippen molar-refractivity contribution in [2.45, 2.75) is 89.8 Å². The fourth-order valence-electron chi connectivity index (χ4n) is 4.71. The van der Waals surface area contributed by atoms with Crippen LogP contribution in [0.1, 0.15) is 70.1 Å². The van der Waals surface area contributed by atoms with Crippen LogP contribution in [0.4, 0.5) is 10.6 Å². The third kappa shape index (κ3) is 7.32. The number of pyridine rings is 1. The summed E-state index contributed by atoms with van der Waals surface area (Å²) in [5.74, 6) is 0.680. The van der Waals surface area contributed by atoms with Crippen LogP contribution in [-0.4, -0.2) is 66.9 Å². The van der Waals surface area contributed by atoms with Gasteiger partial charge in [-0.2, -0.15) is 0 Å². The van der Waals surface area contributed by atoms with Crippen molar-refractivity contribution in [1.82, 2.24) is 15.2 Å². The van der Waals surface area contributed by atoms with Crippen LogP contribution in [0.25, 0.3) is 0 Å². The standard InChI is InChI=1S/C25H40N4O4/c1-18-16-33-17-19(2)29(18)25(31)28-22(24(30)32-3)12-8-6-4-5-7-11-21-14-13-20-10-9-15-26-23(20)27-21/h13-14,18-19,22H,4-12,15-17H2,1-3H3,(H,26,27)(H,28,31)/t18-,19-,22+/m1/s1. The smallest absolute Gasteiger partial charge is 0.328 e. The Morgan fingerprint density at radius 2 is 1.91 bits per heavy atom. The second kappa shape index (κ2) is 12.8. The van der Waals surface area contributed by atoms with Gasteiger partial charge in [-0.25, -0.2) is 14.6 Å². The van der Waals surface area contributed by atoms with E-state index in [1.54, 1.807) is 4.90 Å². The molecule has 1 saturated heterocycles. The number of morpholine rings is 1. The van der Waals surface area contributed by atoms with Gasteiger partial charge in [-0.05, 0) is 57.6 Å². The van der Waals surface area contributed by atoms with Crippen LogP contribution in [0.15, 0.2) is 12.1 Å². The molecule has 0 aromatic carbocycles. The number of fused-ring (bicyclic) bond motifs is 1. The van der Waals surface area contributed by atoms with Gasteiger partial charge in [0.05, 0.1) is 32.4 Å². The second-order valence-electron chi connectivity index (χ2n) is 9.32. The molecule has 1 aromatic heterocycles. The van der Waals surface area contributed by atoms with Gasteiger partial charge in [-0.15, -0.1) is 0 Å². The van der Waals surface area contributed by atoms with Crippen LogP contribution in [0.5, 0.6) is 0 Å². The molecule has 0 saturated carbocycles. The fraction of sp³-hybridized carbons (Fsp3) is 0.720. The predicted molar refractivity (Wildman–Crippen MR) is 128 cm³/mol. The molecule has 1 fully saturated rings. The van der Waals surface area contributed by atoms with E-state index in [4.69, 9.17) is 14.5 Å². The summed E-state index contributed by atoms with van der Waals surface area (Å²) >= 11 is 0. The molecule has 2 N–H and O–H groups in total. The Hall–Kier alpha value is -2.35. The molecule has 3 rings (SSSR count). The van der Waals surface area contributed by atoms with Crippen molar-refractivity contribution in [3.63, 3.8) is 0 Å². The molecule has 0 radical (unpaired) electrons. The molecule has 3 atom stereocenters. The lowest BCUT2D eigenvalue weighted by Crippen LogP contribution is -2.58. The van der Waals surface area contributed by atoms with E-state index in [2.05, 4.69) is 22.8 Å². The van der Waals surface area contributed by atoms with Gasteiger partial charge < -0.3 is 25.0 Å². The molecule has 3 heterocycles. The highest BCUT2D eigenvalue weighted by molar-refractivity contribution is 5.83. The molecule has 1 aromatic rings. The number of nitrogens with zero attached hydrogens (tertiary/aromatic N) is 2. The Morgan fingerprint density at radius 3 is 2.67 bits per heavy atom. The first-order chi connectivity index (χ1) is 16.0. The molecule has 2 aliphatic heterocycles. The number of unbranched alkanes of at least 4 members (excludes halogenated alkanes) is 4. The monoisotopic (exact) mass is 460 g/mol. The summed E-state index contributed by atoms with van der Waals surface area (Å²) in [7, 11) is 1.37. The van der Waals surface area contributed by atoms with Crippen LogP contribution in [0, 0.1) is 0 Å². The molecule has 0 spiro atoms. The number of aromatic nitrogens is 1. The molecule has 0 unspecified atom stereocenters. The number of nitrogens with one attached hydrogen (secondary N) is 2. The summed E-state index contributed by atoms with van der Waals surface area (Å²) in [6.45, 7) is 5.95. The highest BCUT2D eigenvalue weighted by Gasteiger charge is 2.32. The van der Waals surface area contributed by atoms with Gasteiger partial charge in [0.15, 0.2) is 0 Å². The van der Waals surface area contributed by atoms with E-state index < -0.39 is 6.04 Å². The SMILES string of the molecule is COC(=O)[C@H](CCCCCCCc1ccc2c(n1)NCCC2)NC(=O)N1[C@H](C)COC[C@H]1C. The minimum atomic E-state index is -0.614. The van der Waals surface area contributed by atoms with E-state index in [0.717, 1.165) is 63.0 Å². The maximum absolute atomic E-state index is 12.8. The third-order valence-electron chi connectivity index (χ3n) is 6.56. The molecule has 8 nitrogen and oxygen atoms in total. The summed E-state index contributed by atoms with van der Waals surface area (Å²) in [5.41, 5.74) is 2.48. The molecule has 2 aliphatic rings. The Bertz CT molecular complexity index is 778. The van der Waals surface area contributed by atoms with E-state index in [9.17, 15) is 9.59 Å². The van der Waals surface area contributed by atoms with Crippen molar-refractivity contribution in [2.75, 3.05) is 32.2 Å². The van der Waals surface area contributed by atoms with E-state index >= 15 is 0 Å². The zero-order chi connectivity index (χ0) is 23.6. The first-order valence-electron chi connectivity index (χ1n) is 12.5. The number of anilines is 1.